The molecular formula is C11H10F2IN3. The molecule has 0 aliphatic heterocycles. The van der Waals surface area contributed by atoms with Gasteiger partial charge in [0, 0.05) is 5.56 Å². The van der Waals surface area contributed by atoms with Crippen molar-refractivity contribution in [3.63, 3.8) is 0 Å². The van der Waals surface area contributed by atoms with Gasteiger partial charge in [-0.05, 0) is 41.6 Å². The minimum absolute atomic E-state index is 0.0290. The van der Waals surface area contributed by atoms with Gasteiger partial charge >= 0.3 is 0 Å². The molecule has 1 atom stereocenters. The first-order valence-corrected chi connectivity index (χ1v) is 6.02. The van der Waals surface area contributed by atoms with E-state index in [1.807, 2.05) is 22.6 Å². The number of aromatic nitrogens is 2. The Balaban J connectivity index is 2.51. The predicted octanol–water partition coefficient (Wildman–Crippen LogP) is 2.96. The molecule has 0 amide bonds. The Morgan fingerprint density at radius 1 is 1.35 bits per heavy atom. The fourth-order valence-electron chi connectivity index (χ4n) is 1.69. The van der Waals surface area contributed by atoms with Crippen LogP contribution in [0.5, 0.6) is 0 Å². The van der Waals surface area contributed by atoms with Crippen LogP contribution in [0.2, 0.25) is 0 Å². The molecule has 1 aromatic carbocycles. The molecule has 2 aromatic rings. The molecule has 1 heterocycles. The molecule has 2 rings (SSSR count). The van der Waals surface area contributed by atoms with Gasteiger partial charge in [0.1, 0.15) is 17.5 Å². The van der Waals surface area contributed by atoms with Gasteiger partial charge in [-0.1, -0.05) is 6.07 Å². The Bertz CT molecular complexity index is 533. The third-order valence-corrected chi connectivity index (χ3v) is 3.40. The predicted molar refractivity (Wildman–Crippen MR) is 69.5 cm³/mol. The van der Waals surface area contributed by atoms with Crippen molar-refractivity contribution in [1.29, 1.82) is 0 Å². The maximum absolute atomic E-state index is 13.6. The van der Waals surface area contributed by atoms with E-state index in [4.69, 9.17) is 5.73 Å². The Hall–Kier alpha value is -1.18. The fourth-order valence-corrected chi connectivity index (χ4v) is 2.06. The Labute approximate surface area is 111 Å². The monoisotopic (exact) mass is 349 g/mol. The van der Waals surface area contributed by atoms with Crippen LogP contribution in [0.1, 0.15) is 18.5 Å². The summed E-state index contributed by atoms with van der Waals surface area (Å²) in [5, 5.41) is 4.02. The van der Waals surface area contributed by atoms with Crippen molar-refractivity contribution < 1.29 is 8.78 Å². The number of rotatable bonds is 2. The number of hydrogen-bond donors (Lipinski definition) is 1. The number of anilines is 1. The summed E-state index contributed by atoms with van der Waals surface area (Å²) in [7, 11) is 0. The van der Waals surface area contributed by atoms with Crippen LogP contribution in [0.15, 0.2) is 24.4 Å². The summed E-state index contributed by atoms with van der Waals surface area (Å²) in [5.74, 6) is -0.787. The second kappa shape index (κ2) is 4.59. The third-order valence-electron chi connectivity index (χ3n) is 2.57. The van der Waals surface area contributed by atoms with Crippen molar-refractivity contribution >= 4 is 28.4 Å². The molecule has 0 spiro atoms. The molecular weight excluding hydrogens is 339 g/mol. The number of benzene rings is 1. The minimum atomic E-state index is -0.595. The van der Waals surface area contributed by atoms with E-state index < -0.39 is 17.7 Å². The quantitative estimate of drug-likeness (QED) is 0.848. The summed E-state index contributed by atoms with van der Waals surface area (Å²) in [6.45, 7) is 1.65. The number of halogens is 3. The molecule has 3 nitrogen and oxygen atoms in total. The standard InChI is InChI=1S/C11H10F2IN3/c1-6(17-11(15)9(14)5-16-17)10-7(12)3-2-4-8(10)13/h2-6H,15H2,1H3. The van der Waals surface area contributed by atoms with E-state index in [0.717, 1.165) is 3.57 Å². The zero-order valence-corrected chi connectivity index (χ0v) is 11.1. The summed E-state index contributed by atoms with van der Waals surface area (Å²) in [4.78, 5) is 0. The van der Waals surface area contributed by atoms with Crippen LogP contribution in [-0.4, -0.2) is 9.78 Å². The van der Waals surface area contributed by atoms with E-state index in [9.17, 15) is 8.78 Å². The second-order valence-corrected chi connectivity index (χ2v) is 4.80. The van der Waals surface area contributed by atoms with Gasteiger partial charge in [0.2, 0.25) is 0 Å². The molecule has 1 unspecified atom stereocenters. The summed E-state index contributed by atoms with van der Waals surface area (Å²) >= 11 is 2.02. The molecule has 17 heavy (non-hydrogen) atoms. The van der Waals surface area contributed by atoms with Crippen LogP contribution >= 0.6 is 22.6 Å². The zero-order valence-electron chi connectivity index (χ0n) is 8.99. The van der Waals surface area contributed by atoms with Crippen molar-refractivity contribution in [3.8, 4) is 0 Å². The number of nitrogens with two attached hydrogens (primary N) is 1. The van der Waals surface area contributed by atoms with E-state index in [2.05, 4.69) is 5.10 Å². The van der Waals surface area contributed by atoms with Crippen LogP contribution in [0.4, 0.5) is 14.6 Å². The van der Waals surface area contributed by atoms with Crippen LogP contribution < -0.4 is 5.73 Å². The topological polar surface area (TPSA) is 43.8 Å². The molecule has 0 saturated carbocycles. The first-order chi connectivity index (χ1) is 8.02. The molecule has 6 heteroatoms. The zero-order chi connectivity index (χ0) is 12.6. The lowest BCUT2D eigenvalue weighted by atomic mass is 10.1. The Morgan fingerprint density at radius 3 is 2.41 bits per heavy atom. The number of hydrogen-bond acceptors (Lipinski definition) is 2. The molecule has 0 bridgehead atoms. The van der Waals surface area contributed by atoms with E-state index in [1.165, 1.54) is 22.9 Å². The first-order valence-electron chi connectivity index (χ1n) is 4.94. The smallest absolute Gasteiger partial charge is 0.135 e. The molecule has 0 saturated heterocycles. The van der Waals surface area contributed by atoms with Crippen molar-refractivity contribution in [3.05, 3.63) is 45.2 Å². The van der Waals surface area contributed by atoms with Gasteiger partial charge < -0.3 is 5.73 Å². The van der Waals surface area contributed by atoms with Gasteiger partial charge in [-0.2, -0.15) is 5.10 Å². The lowest BCUT2D eigenvalue weighted by molar-refractivity contribution is 0.486. The number of nitrogens with zero attached hydrogens (tertiary/aromatic N) is 2. The second-order valence-electron chi connectivity index (χ2n) is 3.63. The molecule has 0 aliphatic carbocycles. The highest BCUT2D eigenvalue weighted by atomic mass is 127. The lowest BCUT2D eigenvalue weighted by Gasteiger charge is -2.15. The van der Waals surface area contributed by atoms with E-state index in [0.29, 0.717) is 5.82 Å². The summed E-state index contributed by atoms with van der Waals surface area (Å²) in [5.41, 5.74) is 5.76. The molecule has 0 radical (unpaired) electrons. The highest BCUT2D eigenvalue weighted by Crippen LogP contribution is 2.27. The number of nitrogen functional groups attached to an aromatic ring is 1. The van der Waals surface area contributed by atoms with Gasteiger partial charge in [0.25, 0.3) is 0 Å². The maximum Gasteiger partial charge on any atom is 0.135 e. The van der Waals surface area contributed by atoms with Gasteiger partial charge in [-0.3, -0.25) is 0 Å². The first kappa shape index (κ1) is 12.3. The largest absolute Gasteiger partial charge is 0.383 e. The SMILES string of the molecule is CC(c1c(F)cccc1F)n1ncc(I)c1N. The summed E-state index contributed by atoms with van der Waals surface area (Å²) < 4.78 is 29.4. The highest BCUT2D eigenvalue weighted by Gasteiger charge is 2.20. The minimum Gasteiger partial charge on any atom is -0.383 e. The van der Waals surface area contributed by atoms with E-state index >= 15 is 0 Å². The van der Waals surface area contributed by atoms with E-state index in [1.54, 1.807) is 13.1 Å². The summed E-state index contributed by atoms with van der Waals surface area (Å²) in [6, 6.07) is 3.19. The highest BCUT2D eigenvalue weighted by molar-refractivity contribution is 14.1. The third kappa shape index (κ3) is 2.13. The normalized spacial score (nSPS) is 12.7. The molecule has 0 fully saturated rings. The van der Waals surface area contributed by atoms with E-state index in [-0.39, 0.29) is 5.56 Å². The van der Waals surface area contributed by atoms with Gasteiger partial charge in [-0.15, -0.1) is 0 Å². The van der Waals surface area contributed by atoms with Crippen molar-refractivity contribution in [2.75, 3.05) is 5.73 Å². The molecule has 90 valence electrons. The average molecular weight is 349 g/mol. The van der Waals surface area contributed by atoms with Crippen LogP contribution in [0.25, 0.3) is 0 Å². The Morgan fingerprint density at radius 2 is 1.94 bits per heavy atom. The van der Waals surface area contributed by atoms with Gasteiger partial charge in [0.05, 0.1) is 15.8 Å². The maximum atomic E-state index is 13.6. The lowest BCUT2D eigenvalue weighted by Crippen LogP contribution is -2.14. The van der Waals surface area contributed by atoms with Crippen LogP contribution in [0, 0.1) is 15.2 Å². The van der Waals surface area contributed by atoms with Crippen LogP contribution in [-0.2, 0) is 0 Å². The van der Waals surface area contributed by atoms with Crippen molar-refractivity contribution in [2.24, 2.45) is 0 Å². The van der Waals surface area contributed by atoms with Crippen LogP contribution in [0.3, 0.4) is 0 Å². The molecule has 0 aliphatic rings. The Kier molecular flexibility index (Phi) is 3.32. The molecule has 2 N–H and O–H groups in total. The van der Waals surface area contributed by atoms with Gasteiger partial charge in [0.15, 0.2) is 0 Å². The molecule has 1 aromatic heterocycles. The van der Waals surface area contributed by atoms with Gasteiger partial charge in [-0.25, -0.2) is 13.5 Å². The average Bonchev–Trinajstić information content (AvgIpc) is 2.59. The van der Waals surface area contributed by atoms with Crippen molar-refractivity contribution in [1.82, 2.24) is 9.78 Å². The fraction of sp³-hybridized carbons (Fsp3) is 0.182. The van der Waals surface area contributed by atoms with Crippen molar-refractivity contribution in [2.45, 2.75) is 13.0 Å². The summed E-state index contributed by atoms with van der Waals surface area (Å²) in [6.07, 6.45) is 1.56.